The molecule has 0 bridgehead atoms. The Balaban J connectivity index is 2.47. The minimum Gasteiger partial charge on any atom is -0.379 e. The van der Waals surface area contributed by atoms with Crippen LogP contribution in [0.25, 0.3) is 0 Å². The first kappa shape index (κ1) is 16.3. The Labute approximate surface area is 131 Å². The van der Waals surface area contributed by atoms with E-state index in [-0.39, 0.29) is 0 Å². The lowest BCUT2D eigenvalue weighted by Crippen LogP contribution is -2.12. The number of hydrogen-bond acceptors (Lipinski definition) is 5. The van der Waals surface area contributed by atoms with Crippen LogP contribution in [0.4, 0.5) is 14.5 Å². The molecule has 0 radical (unpaired) electrons. The van der Waals surface area contributed by atoms with Crippen molar-refractivity contribution in [2.24, 2.45) is 0 Å². The fourth-order valence-electron chi connectivity index (χ4n) is 1.54. The van der Waals surface area contributed by atoms with Gasteiger partial charge in [-0.1, -0.05) is 15.9 Å². The van der Waals surface area contributed by atoms with Gasteiger partial charge in [0.25, 0.3) is 5.69 Å². The lowest BCUT2D eigenvalue weighted by atomic mass is 10.3. The van der Waals surface area contributed by atoms with Crippen LogP contribution in [0.2, 0.25) is 0 Å². The van der Waals surface area contributed by atoms with Crippen molar-refractivity contribution in [3.63, 3.8) is 0 Å². The molecule has 0 aliphatic rings. The Kier molecular flexibility index (Phi) is 4.42. The summed E-state index contributed by atoms with van der Waals surface area (Å²) < 4.78 is 54.9. The van der Waals surface area contributed by atoms with E-state index in [9.17, 15) is 27.3 Å². The van der Waals surface area contributed by atoms with E-state index in [4.69, 9.17) is 0 Å². The number of benzene rings is 2. The molecule has 0 saturated carbocycles. The third-order valence-corrected chi connectivity index (χ3v) is 4.27. The zero-order chi connectivity index (χ0) is 16.5. The fourth-order valence-corrected chi connectivity index (χ4v) is 2.96. The van der Waals surface area contributed by atoms with Crippen LogP contribution in [0.5, 0.6) is 5.75 Å². The molecule has 6 nitrogen and oxygen atoms in total. The maximum atomic E-state index is 13.1. The molecule has 0 aliphatic heterocycles. The van der Waals surface area contributed by atoms with Crippen molar-refractivity contribution in [1.82, 2.24) is 0 Å². The molecule has 2 rings (SSSR count). The Morgan fingerprint density at radius 3 is 2.36 bits per heavy atom. The van der Waals surface area contributed by atoms with Gasteiger partial charge in [0.1, 0.15) is 5.75 Å². The molecule has 0 aliphatic carbocycles. The molecule has 0 unspecified atom stereocenters. The van der Waals surface area contributed by atoms with E-state index in [1.807, 2.05) is 0 Å². The molecule has 0 fully saturated rings. The average Bonchev–Trinajstić information content (AvgIpc) is 2.42. The second-order valence-corrected chi connectivity index (χ2v) is 6.41. The van der Waals surface area contributed by atoms with Gasteiger partial charge in [-0.3, -0.25) is 10.1 Å². The van der Waals surface area contributed by atoms with E-state index in [0.717, 1.165) is 18.2 Å². The van der Waals surface area contributed by atoms with E-state index in [0.29, 0.717) is 16.6 Å². The van der Waals surface area contributed by atoms with E-state index in [1.165, 1.54) is 6.07 Å². The zero-order valence-electron chi connectivity index (χ0n) is 10.5. The van der Waals surface area contributed by atoms with E-state index in [2.05, 4.69) is 20.1 Å². The van der Waals surface area contributed by atoms with Crippen molar-refractivity contribution in [3.05, 3.63) is 62.6 Å². The SMILES string of the molecule is O=[N+]([O-])c1cc(Br)ccc1S(=O)(=O)Oc1ccc(F)c(F)c1. The third-order valence-electron chi connectivity index (χ3n) is 2.48. The van der Waals surface area contributed by atoms with Crippen LogP contribution in [0, 0.1) is 21.7 Å². The summed E-state index contributed by atoms with van der Waals surface area (Å²) in [4.78, 5) is 9.33. The Bertz CT molecular complexity index is 857. The minimum absolute atomic E-state index is 0.297. The van der Waals surface area contributed by atoms with Crippen LogP contribution in [0.1, 0.15) is 0 Å². The van der Waals surface area contributed by atoms with Crippen molar-refractivity contribution < 1.29 is 26.3 Å². The molecule has 10 heteroatoms. The lowest BCUT2D eigenvalue weighted by Gasteiger charge is -2.08. The molecule has 0 N–H and O–H groups in total. The van der Waals surface area contributed by atoms with E-state index >= 15 is 0 Å². The molecule has 116 valence electrons. The molecule has 22 heavy (non-hydrogen) atoms. The second kappa shape index (κ2) is 5.97. The summed E-state index contributed by atoms with van der Waals surface area (Å²) in [6.45, 7) is 0. The van der Waals surface area contributed by atoms with Gasteiger partial charge in [-0.15, -0.1) is 0 Å². The summed E-state index contributed by atoms with van der Waals surface area (Å²) in [6, 6.07) is 5.32. The van der Waals surface area contributed by atoms with Crippen molar-refractivity contribution in [1.29, 1.82) is 0 Å². The topological polar surface area (TPSA) is 86.5 Å². The van der Waals surface area contributed by atoms with Gasteiger partial charge in [0.15, 0.2) is 16.5 Å². The molecule has 0 spiro atoms. The van der Waals surface area contributed by atoms with Crippen molar-refractivity contribution in [3.8, 4) is 5.75 Å². The van der Waals surface area contributed by atoms with Crippen LogP contribution < -0.4 is 4.18 Å². The number of nitro benzene ring substituents is 1. The molecule has 2 aromatic carbocycles. The number of nitrogens with zero attached hydrogens (tertiary/aromatic N) is 1. The van der Waals surface area contributed by atoms with Gasteiger partial charge in [0.2, 0.25) is 0 Å². The summed E-state index contributed by atoms with van der Waals surface area (Å²) in [5.41, 5.74) is -0.711. The van der Waals surface area contributed by atoms with Crippen LogP contribution in [0.3, 0.4) is 0 Å². The smallest absolute Gasteiger partial charge is 0.346 e. The highest BCUT2D eigenvalue weighted by Crippen LogP contribution is 2.30. The fraction of sp³-hybridized carbons (Fsp3) is 0. The van der Waals surface area contributed by atoms with Crippen LogP contribution in [-0.2, 0) is 10.1 Å². The maximum absolute atomic E-state index is 13.1. The molecular formula is C12H6BrF2NO5S. The minimum atomic E-state index is -4.59. The van der Waals surface area contributed by atoms with Gasteiger partial charge in [0.05, 0.1) is 4.92 Å². The molecule has 0 atom stereocenters. The van der Waals surface area contributed by atoms with E-state index in [1.54, 1.807) is 0 Å². The van der Waals surface area contributed by atoms with Crippen LogP contribution in [0.15, 0.2) is 45.8 Å². The Morgan fingerprint density at radius 1 is 1.09 bits per heavy atom. The zero-order valence-corrected chi connectivity index (χ0v) is 12.9. The Morgan fingerprint density at radius 2 is 1.77 bits per heavy atom. The number of rotatable bonds is 4. The Hall–Kier alpha value is -2.07. The molecular weight excluding hydrogens is 388 g/mol. The van der Waals surface area contributed by atoms with Crippen molar-refractivity contribution in [2.45, 2.75) is 4.90 Å². The lowest BCUT2D eigenvalue weighted by molar-refractivity contribution is -0.388. The summed E-state index contributed by atoms with van der Waals surface area (Å²) in [5, 5.41) is 10.9. The predicted molar refractivity (Wildman–Crippen MR) is 75.0 cm³/mol. The molecule has 0 amide bonds. The van der Waals surface area contributed by atoms with Gasteiger partial charge < -0.3 is 4.18 Å². The number of nitro groups is 1. The molecule has 0 heterocycles. The summed E-state index contributed by atoms with van der Waals surface area (Å²) in [7, 11) is -4.59. The maximum Gasteiger partial charge on any atom is 0.346 e. The number of hydrogen-bond donors (Lipinski definition) is 0. The van der Waals surface area contributed by atoms with Crippen LogP contribution in [-0.4, -0.2) is 13.3 Å². The van der Waals surface area contributed by atoms with Gasteiger partial charge in [0, 0.05) is 16.6 Å². The normalized spacial score (nSPS) is 11.2. The first-order valence-corrected chi connectivity index (χ1v) is 7.74. The van der Waals surface area contributed by atoms with Gasteiger partial charge in [-0.05, 0) is 24.3 Å². The summed E-state index contributed by atoms with van der Waals surface area (Å²) >= 11 is 2.98. The third kappa shape index (κ3) is 3.39. The predicted octanol–water partition coefficient (Wildman–Crippen LogP) is 3.40. The monoisotopic (exact) mass is 393 g/mol. The molecule has 2 aromatic rings. The average molecular weight is 394 g/mol. The first-order chi connectivity index (χ1) is 10.2. The van der Waals surface area contributed by atoms with Crippen molar-refractivity contribution >= 4 is 31.7 Å². The van der Waals surface area contributed by atoms with E-state index < -0.39 is 43.0 Å². The van der Waals surface area contributed by atoms with Gasteiger partial charge in [-0.2, -0.15) is 8.42 Å². The first-order valence-electron chi connectivity index (χ1n) is 5.54. The summed E-state index contributed by atoms with van der Waals surface area (Å²) in [6.07, 6.45) is 0. The largest absolute Gasteiger partial charge is 0.379 e. The summed E-state index contributed by atoms with van der Waals surface area (Å²) in [5.74, 6) is -2.99. The molecule has 0 saturated heterocycles. The van der Waals surface area contributed by atoms with Crippen LogP contribution >= 0.6 is 15.9 Å². The molecule has 0 aromatic heterocycles. The van der Waals surface area contributed by atoms with Gasteiger partial charge in [-0.25, -0.2) is 8.78 Å². The standard InChI is InChI=1S/C12H6BrF2NO5S/c13-7-1-4-12(11(5-7)16(17)18)22(19,20)21-8-2-3-9(14)10(15)6-8/h1-6H. The highest BCUT2D eigenvalue weighted by molar-refractivity contribution is 9.10. The number of halogens is 3. The van der Waals surface area contributed by atoms with Gasteiger partial charge >= 0.3 is 10.1 Å². The quantitative estimate of drug-likeness (QED) is 0.451. The highest BCUT2D eigenvalue weighted by atomic mass is 79.9. The highest BCUT2D eigenvalue weighted by Gasteiger charge is 2.28. The van der Waals surface area contributed by atoms with Crippen molar-refractivity contribution in [2.75, 3.05) is 0 Å². The second-order valence-electron chi connectivity index (χ2n) is 3.98.